The third-order valence-electron chi connectivity index (χ3n) is 3.10. The molecule has 0 aromatic heterocycles. The number of carbonyl (C=O) groups excluding carboxylic acids is 1. The van der Waals surface area contributed by atoms with E-state index < -0.39 is 30.3 Å². The van der Waals surface area contributed by atoms with E-state index in [1.54, 1.807) is 28.5 Å². The van der Waals surface area contributed by atoms with Crippen molar-refractivity contribution in [3.63, 3.8) is 0 Å². The predicted octanol–water partition coefficient (Wildman–Crippen LogP) is 0.384. The lowest BCUT2D eigenvalue weighted by molar-refractivity contribution is -0.146. The van der Waals surface area contributed by atoms with Crippen LogP contribution >= 0.6 is 21.6 Å². The molecule has 0 rings (SSSR count). The van der Waals surface area contributed by atoms with Gasteiger partial charge >= 0.3 is 0 Å². The van der Waals surface area contributed by atoms with Gasteiger partial charge in [-0.15, -0.1) is 0 Å². The monoisotopic (exact) mass is 355 g/mol. The van der Waals surface area contributed by atoms with E-state index in [0.717, 1.165) is 12.2 Å². The number of hydrogen-bond donors (Lipinski definition) is 5. The Hall–Kier alpha value is 0.01000. The molecule has 4 atom stereocenters. The maximum absolute atomic E-state index is 11.6. The summed E-state index contributed by atoms with van der Waals surface area (Å²) in [5.41, 5.74) is 0. The molecule has 0 radical (unpaired) electrons. The molecular weight excluding hydrogens is 326 g/mol. The first-order valence-corrected chi connectivity index (χ1v) is 10.0. The van der Waals surface area contributed by atoms with Crippen LogP contribution in [0.2, 0.25) is 0 Å². The lowest BCUT2D eigenvalue weighted by Crippen LogP contribution is -2.51. The molecule has 0 fully saturated rings. The van der Waals surface area contributed by atoms with E-state index in [1.165, 1.54) is 0 Å². The van der Waals surface area contributed by atoms with Crippen LogP contribution in [-0.2, 0) is 4.79 Å². The minimum Gasteiger partial charge on any atom is -0.390 e. The zero-order valence-electron chi connectivity index (χ0n) is 13.4. The zero-order valence-corrected chi connectivity index (χ0v) is 15.1. The second-order valence-corrected chi connectivity index (χ2v) is 8.22. The molecule has 6 nitrogen and oxygen atoms in total. The van der Waals surface area contributed by atoms with E-state index >= 15 is 0 Å². The number of aliphatic hydroxyl groups is 4. The molecule has 0 saturated carbocycles. The van der Waals surface area contributed by atoms with E-state index in [1.807, 2.05) is 0 Å². The van der Waals surface area contributed by atoms with Crippen LogP contribution in [0.5, 0.6) is 0 Å². The number of aliphatic hydroxyl groups excluding tert-OH is 4. The fourth-order valence-electron chi connectivity index (χ4n) is 1.53. The van der Waals surface area contributed by atoms with Gasteiger partial charge in [0.2, 0.25) is 0 Å². The Morgan fingerprint density at radius 2 is 1.64 bits per heavy atom. The zero-order chi connectivity index (χ0) is 17.1. The van der Waals surface area contributed by atoms with Crippen molar-refractivity contribution in [2.24, 2.45) is 5.92 Å². The summed E-state index contributed by atoms with van der Waals surface area (Å²) in [5, 5.41) is 40.8. The molecule has 0 aliphatic carbocycles. The smallest absolute Gasteiger partial charge is 0.251 e. The Bertz CT molecular complexity index is 307. The second-order valence-electron chi connectivity index (χ2n) is 5.52. The molecule has 0 spiro atoms. The summed E-state index contributed by atoms with van der Waals surface area (Å²) in [6, 6.07) is 0. The van der Waals surface area contributed by atoms with Crippen LogP contribution in [0.1, 0.15) is 33.6 Å². The van der Waals surface area contributed by atoms with E-state index in [-0.39, 0.29) is 6.42 Å². The standard InChI is InChI=1S/C14H29NO5S2/c1-4-10(16)11(17)12(18)13(19)14(20)15-6-8-22-21-7-5-9(2)3/h9-13,16-19H,4-8H2,1-3H3,(H,15,20)/t10-,11-,12+,13-/m1/s1. The van der Waals surface area contributed by atoms with Crippen molar-refractivity contribution in [1.82, 2.24) is 5.32 Å². The van der Waals surface area contributed by atoms with Gasteiger partial charge < -0.3 is 25.7 Å². The van der Waals surface area contributed by atoms with Gasteiger partial charge in [-0.2, -0.15) is 0 Å². The van der Waals surface area contributed by atoms with Crippen molar-refractivity contribution in [1.29, 1.82) is 0 Å². The van der Waals surface area contributed by atoms with Gasteiger partial charge in [0, 0.05) is 18.1 Å². The highest BCUT2D eigenvalue weighted by atomic mass is 33.1. The van der Waals surface area contributed by atoms with Gasteiger partial charge in [-0.05, 0) is 18.8 Å². The van der Waals surface area contributed by atoms with Crippen molar-refractivity contribution in [3.05, 3.63) is 0 Å². The SMILES string of the molecule is CC[C@@H](O)[C@@H](O)[C@H](O)[C@@H](O)C(=O)NCCSSCCC(C)C. The number of carbonyl (C=O) groups is 1. The summed E-state index contributed by atoms with van der Waals surface area (Å²) >= 11 is 0. The van der Waals surface area contributed by atoms with Crippen molar-refractivity contribution in [2.75, 3.05) is 18.1 Å². The molecule has 0 unspecified atom stereocenters. The highest BCUT2D eigenvalue weighted by Gasteiger charge is 2.33. The normalized spacial score (nSPS) is 17.1. The molecule has 0 saturated heterocycles. The first-order chi connectivity index (χ1) is 10.3. The molecule has 132 valence electrons. The maximum Gasteiger partial charge on any atom is 0.251 e. The van der Waals surface area contributed by atoms with Crippen LogP contribution in [0.15, 0.2) is 0 Å². The van der Waals surface area contributed by atoms with Gasteiger partial charge in [0.15, 0.2) is 6.10 Å². The van der Waals surface area contributed by atoms with Crippen LogP contribution in [-0.4, -0.2) is 68.8 Å². The number of amides is 1. The first kappa shape index (κ1) is 22.0. The third kappa shape index (κ3) is 9.22. The molecule has 22 heavy (non-hydrogen) atoms. The van der Waals surface area contributed by atoms with Crippen molar-refractivity contribution in [3.8, 4) is 0 Å². The Balaban J connectivity index is 3.87. The summed E-state index contributed by atoms with van der Waals surface area (Å²) in [6.07, 6.45) is -4.82. The molecule has 0 aliphatic heterocycles. The Morgan fingerprint density at radius 1 is 1.05 bits per heavy atom. The molecule has 0 aliphatic rings. The second kappa shape index (κ2) is 12.4. The van der Waals surface area contributed by atoms with Gasteiger partial charge in [0.1, 0.15) is 12.2 Å². The summed E-state index contributed by atoms with van der Waals surface area (Å²) < 4.78 is 0. The number of nitrogens with one attached hydrogen (secondary N) is 1. The molecule has 5 N–H and O–H groups in total. The summed E-state index contributed by atoms with van der Waals surface area (Å²) in [7, 11) is 3.38. The Kier molecular flexibility index (Phi) is 12.4. The van der Waals surface area contributed by atoms with Crippen LogP contribution < -0.4 is 5.32 Å². The van der Waals surface area contributed by atoms with Gasteiger partial charge in [-0.3, -0.25) is 4.79 Å². The largest absolute Gasteiger partial charge is 0.390 e. The minimum absolute atomic E-state index is 0.219. The average molecular weight is 356 g/mol. The molecular formula is C14H29NO5S2. The molecule has 0 bridgehead atoms. The highest BCUT2D eigenvalue weighted by Crippen LogP contribution is 2.22. The van der Waals surface area contributed by atoms with Gasteiger partial charge in [-0.1, -0.05) is 42.4 Å². The Labute approximate surface area is 140 Å². The van der Waals surface area contributed by atoms with E-state index in [9.17, 15) is 25.2 Å². The minimum atomic E-state index is -1.75. The summed E-state index contributed by atoms with van der Waals surface area (Å²) in [6.45, 7) is 6.33. The van der Waals surface area contributed by atoms with Crippen molar-refractivity contribution >= 4 is 27.5 Å². The maximum atomic E-state index is 11.6. The van der Waals surface area contributed by atoms with E-state index in [4.69, 9.17) is 0 Å². The van der Waals surface area contributed by atoms with Crippen molar-refractivity contribution < 1.29 is 25.2 Å². The molecule has 8 heteroatoms. The van der Waals surface area contributed by atoms with Gasteiger partial charge in [0.05, 0.1) is 6.10 Å². The lowest BCUT2D eigenvalue weighted by Gasteiger charge is -2.25. The number of hydrogen-bond acceptors (Lipinski definition) is 7. The van der Waals surface area contributed by atoms with Gasteiger partial charge in [0.25, 0.3) is 5.91 Å². The summed E-state index contributed by atoms with van der Waals surface area (Å²) in [5.74, 6) is 1.67. The topological polar surface area (TPSA) is 110 Å². The average Bonchev–Trinajstić information content (AvgIpc) is 2.50. The molecule has 0 aromatic carbocycles. The van der Waals surface area contributed by atoms with Crippen LogP contribution in [0.3, 0.4) is 0 Å². The number of rotatable bonds is 12. The summed E-state index contributed by atoms with van der Waals surface area (Å²) in [4.78, 5) is 11.6. The molecule has 1 amide bonds. The fourth-order valence-corrected chi connectivity index (χ4v) is 3.77. The van der Waals surface area contributed by atoms with Crippen LogP contribution in [0.25, 0.3) is 0 Å². The highest BCUT2D eigenvalue weighted by molar-refractivity contribution is 8.76. The fraction of sp³-hybridized carbons (Fsp3) is 0.929. The quantitative estimate of drug-likeness (QED) is 0.254. The van der Waals surface area contributed by atoms with Crippen LogP contribution in [0.4, 0.5) is 0 Å². The molecule has 0 aromatic rings. The molecule has 0 heterocycles. The van der Waals surface area contributed by atoms with E-state index in [2.05, 4.69) is 19.2 Å². The van der Waals surface area contributed by atoms with E-state index in [0.29, 0.717) is 18.2 Å². The predicted molar refractivity (Wildman–Crippen MR) is 91.7 cm³/mol. The lowest BCUT2D eigenvalue weighted by atomic mass is 10.0. The van der Waals surface area contributed by atoms with Crippen molar-refractivity contribution in [2.45, 2.75) is 58.0 Å². The van der Waals surface area contributed by atoms with Gasteiger partial charge in [-0.25, -0.2) is 0 Å². The Morgan fingerprint density at radius 3 is 2.18 bits per heavy atom. The first-order valence-electron chi connectivity index (χ1n) is 7.55. The van der Waals surface area contributed by atoms with Crippen LogP contribution in [0, 0.1) is 5.92 Å². The third-order valence-corrected chi connectivity index (χ3v) is 5.54.